The zero-order valence-electron chi connectivity index (χ0n) is 12.9. The van der Waals surface area contributed by atoms with E-state index in [-0.39, 0.29) is 16.7 Å². The molecule has 0 aliphatic carbocycles. The maximum Gasteiger partial charge on any atom is 0.332 e. The smallest absolute Gasteiger partial charge is 0.321 e. The number of hydrogen-bond acceptors (Lipinski definition) is 4. The molecule has 0 atom stereocenters. The molecule has 8 heteroatoms. The van der Waals surface area contributed by atoms with Crippen LogP contribution in [0.25, 0.3) is 11.0 Å². The molecule has 122 valence electrons. The lowest BCUT2D eigenvalue weighted by Crippen LogP contribution is -2.37. The zero-order chi connectivity index (χ0) is 17.4. The first-order chi connectivity index (χ1) is 11.4. The summed E-state index contributed by atoms with van der Waals surface area (Å²) in [6.07, 6.45) is 0. The van der Waals surface area contributed by atoms with Gasteiger partial charge in [-0.15, -0.1) is 0 Å². The second kappa shape index (κ2) is 5.93. The molecule has 1 aromatic carbocycles. The number of aromatic nitrogens is 3. The molecule has 0 radical (unpaired) electrons. The van der Waals surface area contributed by atoms with Gasteiger partial charge in [0.15, 0.2) is 0 Å². The maximum absolute atomic E-state index is 12.3. The Kier molecular flexibility index (Phi) is 3.94. The summed E-state index contributed by atoms with van der Waals surface area (Å²) >= 11 is 5.88. The van der Waals surface area contributed by atoms with Gasteiger partial charge >= 0.3 is 5.69 Å². The van der Waals surface area contributed by atoms with Crippen molar-refractivity contribution in [1.82, 2.24) is 14.1 Å². The number of pyridine rings is 1. The molecule has 0 saturated carbocycles. The van der Waals surface area contributed by atoms with E-state index < -0.39 is 17.2 Å². The molecule has 2 aromatic heterocycles. The molecule has 2 heterocycles. The molecule has 0 spiro atoms. The molecule has 0 aliphatic rings. The van der Waals surface area contributed by atoms with Gasteiger partial charge in [0.25, 0.3) is 11.5 Å². The van der Waals surface area contributed by atoms with E-state index in [0.29, 0.717) is 10.7 Å². The molecule has 1 N–H and O–H groups in total. The molecule has 24 heavy (non-hydrogen) atoms. The number of anilines is 1. The molecule has 7 nitrogen and oxygen atoms in total. The summed E-state index contributed by atoms with van der Waals surface area (Å²) in [5.74, 6) is -0.465. The number of amides is 1. The Balaban J connectivity index is 2.06. The van der Waals surface area contributed by atoms with E-state index in [1.54, 1.807) is 24.3 Å². The van der Waals surface area contributed by atoms with Crippen molar-refractivity contribution >= 4 is 34.2 Å². The van der Waals surface area contributed by atoms with Crippen LogP contribution in [-0.4, -0.2) is 20.0 Å². The minimum absolute atomic E-state index is 0.0886. The number of nitrogens with zero attached hydrogens (tertiary/aromatic N) is 3. The Bertz CT molecular complexity index is 1080. The van der Waals surface area contributed by atoms with Gasteiger partial charge in [-0.3, -0.25) is 18.7 Å². The van der Waals surface area contributed by atoms with Gasteiger partial charge in [0, 0.05) is 24.8 Å². The van der Waals surface area contributed by atoms with Gasteiger partial charge in [-0.1, -0.05) is 17.7 Å². The Morgan fingerprint density at radius 2 is 1.88 bits per heavy atom. The number of aryl methyl sites for hydroxylation is 1. The summed E-state index contributed by atoms with van der Waals surface area (Å²) in [4.78, 5) is 40.6. The monoisotopic (exact) mass is 344 g/mol. The molecule has 0 aliphatic heterocycles. The number of hydrogen-bond donors (Lipinski definition) is 1. The minimum atomic E-state index is -0.507. The highest BCUT2D eigenvalue weighted by Crippen LogP contribution is 2.16. The first kappa shape index (κ1) is 15.9. The van der Waals surface area contributed by atoms with Crippen molar-refractivity contribution in [3.05, 3.63) is 68.0 Å². The van der Waals surface area contributed by atoms with E-state index in [0.717, 1.165) is 4.57 Å². The van der Waals surface area contributed by atoms with Crippen LogP contribution in [0.1, 0.15) is 10.5 Å². The average Bonchev–Trinajstić information content (AvgIpc) is 2.57. The lowest BCUT2D eigenvalue weighted by molar-refractivity contribution is 0.102. The lowest BCUT2D eigenvalue weighted by atomic mass is 10.2. The Morgan fingerprint density at radius 1 is 1.12 bits per heavy atom. The number of carbonyl (C=O) groups is 1. The highest BCUT2D eigenvalue weighted by Gasteiger charge is 2.14. The molecule has 0 bridgehead atoms. The Hall–Kier alpha value is -2.93. The third kappa shape index (κ3) is 2.69. The number of halogens is 1. The Morgan fingerprint density at radius 3 is 2.58 bits per heavy atom. The van der Waals surface area contributed by atoms with E-state index in [1.807, 2.05) is 0 Å². The van der Waals surface area contributed by atoms with Gasteiger partial charge in [0.05, 0.1) is 5.39 Å². The van der Waals surface area contributed by atoms with Crippen LogP contribution >= 0.6 is 11.6 Å². The van der Waals surface area contributed by atoms with Crippen LogP contribution in [0.5, 0.6) is 0 Å². The quantitative estimate of drug-likeness (QED) is 0.764. The average molecular weight is 345 g/mol. The molecule has 3 rings (SSSR count). The van der Waals surface area contributed by atoms with E-state index in [2.05, 4.69) is 10.3 Å². The van der Waals surface area contributed by atoms with Crippen molar-refractivity contribution in [2.45, 2.75) is 0 Å². The fraction of sp³-hybridized carbons (Fsp3) is 0.125. The van der Waals surface area contributed by atoms with Gasteiger partial charge in [0.2, 0.25) is 0 Å². The van der Waals surface area contributed by atoms with Crippen LogP contribution in [0.15, 0.2) is 46.0 Å². The van der Waals surface area contributed by atoms with Gasteiger partial charge in [-0.2, -0.15) is 0 Å². The standard InChI is InChI=1S/C16H13ClN4O3/c1-20-13-11(15(23)21(2)16(20)24)6-7-12(19-13)14(22)18-10-5-3-4-9(17)8-10/h3-8H,1-2H3,(H,18,22). The van der Waals surface area contributed by atoms with Crippen LogP contribution < -0.4 is 16.6 Å². The maximum atomic E-state index is 12.3. The summed E-state index contributed by atoms with van der Waals surface area (Å²) in [7, 11) is 2.89. The van der Waals surface area contributed by atoms with Crippen LogP contribution in [-0.2, 0) is 14.1 Å². The third-order valence-electron chi connectivity index (χ3n) is 3.62. The molecule has 0 unspecified atom stereocenters. The number of nitrogens with one attached hydrogen (secondary N) is 1. The molecule has 0 fully saturated rings. The lowest BCUT2D eigenvalue weighted by Gasteiger charge is -2.09. The van der Waals surface area contributed by atoms with Crippen molar-refractivity contribution in [1.29, 1.82) is 0 Å². The van der Waals surface area contributed by atoms with Gasteiger partial charge in [-0.05, 0) is 30.3 Å². The predicted molar refractivity (Wildman–Crippen MR) is 91.6 cm³/mol. The van der Waals surface area contributed by atoms with E-state index in [1.165, 1.54) is 30.8 Å². The SMILES string of the molecule is Cn1c(=O)c2ccc(C(=O)Nc3cccc(Cl)c3)nc2n(C)c1=O. The normalized spacial score (nSPS) is 10.8. The van der Waals surface area contributed by atoms with Crippen molar-refractivity contribution in [3.8, 4) is 0 Å². The largest absolute Gasteiger partial charge is 0.332 e. The predicted octanol–water partition coefficient (Wildman–Crippen LogP) is 1.54. The summed E-state index contributed by atoms with van der Waals surface area (Å²) in [5.41, 5.74) is -0.199. The molecular formula is C16H13ClN4O3. The van der Waals surface area contributed by atoms with Crippen molar-refractivity contribution in [3.63, 3.8) is 0 Å². The first-order valence-electron chi connectivity index (χ1n) is 7.02. The summed E-state index contributed by atoms with van der Waals surface area (Å²) < 4.78 is 2.22. The summed E-state index contributed by atoms with van der Waals surface area (Å²) in [5, 5.41) is 3.42. The van der Waals surface area contributed by atoms with Gasteiger partial charge in [-0.25, -0.2) is 9.78 Å². The summed E-state index contributed by atoms with van der Waals surface area (Å²) in [6.45, 7) is 0. The van der Waals surface area contributed by atoms with Crippen molar-refractivity contribution in [2.24, 2.45) is 14.1 Å². The highest BCUT2D eigenvalue weighted by molar-refractivity contribution is 6.30. The number of rotatable bonds is 2. The molecule has 3 aromatic rings. The van der Waals surface area contributed by atoms with Crippen molar-refractivity contribution in [2.75, 3.05) is 5.32 Å². The number of fused-ring (bicyclic) bond motifs is 1. The number of carbonyl (C=O) groups excluding carboxylic acids is 1. The van der Waals surface area contributed by atoms with E-state index in [9.17, 15) is 14.4 Å². The van der Waals surface area contributed by atoms with Crippen molar-refractivity contribution < 1.29 is 4.79 Å². The second-order valence-electron chi connectivity index (χ2n) is 5.24. The van der Waals surface area contributed by atoms with E-state index in [4.69, 9.17) is 11.6 Å². The first-order valence-corrected chi connectivity index (χ1v) is 7.40. The molecule has 0 saturated heterocycles. The third-order valence-corrected chi connectivity index (χ3v) is 3.85. The second-order valence-corrected chi connectivity index (χ2v) is 5.67. The number of benzene rings is 1. The Labute approximate surface area is 141 Å². The fourth-order valence-corrected chi connectivity index (χ4v) is 2.53. The van der Waals surface area contributed by atoms with Crippen LogP contribution in [0.3, 0.4) is 0 Å². The van der Waals surface area contributed by atoms with Crippen LogP contribution in [0, 0.1) is 0 Å². The topological polar surface area (TPSA) is 86.0 Å². The zero-order valence-corrected chi connectivity index (χ0v) is 13.7. The van der Waals surface area contributed by atoms with E-state index >= 15 is 0 Å². The minimum Gasteiger partial charge on any atom is -0.321 e. The fourth-order valence-electron chi connectivity index (χ4n) is 2.34. The molecular weight excluding hydrogens is 332 g/mol. The molecule has 1 amide bonds. The van der Waals surface area contributed by atoms with Crippen LogP contribution in [0.4, 0.5) is 5.69 Å². The van der Waals surface area contributed by atoms with Gasteiger partial charge < -0.3 is 5.32 Å². The summed E-state index contributed by atoms with van der Waals surface area (Å²) in [6, 6.07) is 9.61. The van der Waals surface area contributed by atoms with Gasteiger partial charge in [0.1, 0.15) is 11.3 Å². The van der Waals surface area contributed by atoms with Crippen LogP contribution in [0.2, 0.25) is 5.02 Å². The highest BCUT2D eigenvalue weighted by atomic mass is 35.5.